The predicted octanol–water partition coefficient (Wildman–Crippen LogP) is 1.49. The normalized spacial score (nSPS) is 19.5. The van der Waals surface area contributed by atoms with E-state index in [9.17, 15) is 4.79 Å². The number of amides is 1. The van der Waals surface area contributed by atoms with Crippen molar-refractivity contribution in [3.05, 3.63) is 0 Å². The van der Waals surface area contributed by atoms with E-state index in [1.54, 1.807) is 0 Å². The fourth-order valence-corrected chi connectivity index (χ4v) is 5.67. The molecule has 1 aliphatic rings. The maximum atomic E-state index is 11.2. The van der Waals surface area contributed by atoms with Crippen molar-refractivity contribution in [3.63, 3.8) is 0 Å². The summed E-state index contributed by atoms with van der Waals surface area (Å²) < 4.78 is 1.12. The van der Waals surface area contributed by atoms with Gasteiger partial charge in [-0.2, -0.15) is 0 Å². The van der Waals surface area contributed by atoms with E-state index in [1.165, 1.54) is 0 Å². The zero-order valence-corrected chi connectivity index (χ0v) is 10.5. The summed E-state index contributed by atoms with van der Waals surface area (Å²) >= 11 is -1.73. The van der Waals surface area contributed by atoms with Crippen LogP contribution in [0.3, 0.4) is 0 Å². The first-order valence-electron chi connectivity index (χ1n) is 4.27. The average Bonchev–Trinajstić information content (AvgIpc) is 2.12. The molecule has 0 atom stereocenters. The Morgan fingerprint density at radius 1 is 1.45 bits per heavy atom. The van der Waals surface area contributed by atoms with Crippen LogP contribution < -0.4 is 0 Å². The van der Waals surface area contributed by atoms with Crippen LogP contribution in [0.2, 0.25) is 14.8 Å². The number of hydrogen-bond acceptors (Lipinski definition) is 1. The molecule has 0 saturated carbocycles. The predicted molar refractivity (Wildman–Crippen MR) is 49.2 cm³/mol. The molecule has 3 heteroatoms. The summed E-state index contributed by atoms with van der Waals surface area (Å²) in [6.45, 7) is 1.02. The van der Waals surface area contributed by atoms with Gasteiger partial charge in [0.2, 0.25) is 0 Å². The van der Waals surface area contributed by atoms with Gasteiger partial charge in [0.15, 0.2) is 0 Å². The van der Waals surface area contributed by atoms with Crippen LogP contribution in [-0.4, -0.2) is 40.3 Å². The fourth-order valence-electron chi connectivity index (χ4n) is 1.44. The molecule has 1 aliphatic heterocycles. The number of carbonyl (C=O) groups excluding carboxylic acids is 1. The summed E-state index contributed by atoms with van der Waals surface area (Å²) in [4.78, 5) is 20.4. The van der Waals surface area contributed by atoms with Gasteiger partial charge in [0.1, 0.15) is 0 Å². The monoisotopic (exact) mass is 263 g/mol. The summed E-state index contributed by atoms with van der Waals surface area (Å²) in [6.07, 6.45) is 1.88. The van der Waals surface area contributed by atoms with Gasteiger partial charge in [-0.05, 0) is 0 Å². The molecule has 0 aromatic heterocycles. The van der Waals surface area contributed by atoms with Crippen molar-refractivity contribution in [1.29, 1.82) is 0 Å². The van der Waals surface area contributed by atoms with Crippen molar-refractivity contribution in [2.24, 2.45) is 0 Å². The molecular weight excluding hydrogens is 245 g/mol. The number of nitrogens with zero attached hydrogens (tertiary/aromatic N) is 1. The van der Waals surface area contributed by atoms with Gasteiger partial charge >= 0.3 is 72.7 Å². The van der Waals surface area contributed by atoms with Crippen molar-refractivity contribution >= 4 is 24.3 Å². The minimum atomic E-state index is -1.73. The Kier molecular flexibility index (Phi) is 2.84. The van der Waals surface area contributed by atoms with Crippen LogP contribution in [-0.2, 0) is 4.79 Å². The zero-order valence-electron chi connectivity index (χ0n) is 7.68. The molecule has 0 unspecified atom stereocenters. The van der Waals surface area contributed by atoms with Crippen molar-refractivity contribution in [2.75, 3.05) is 11.1 Å². The third-order valence-corrected chi connectivity index (χ3v) is 5.63. The summed E-state index contributed by atoms with van der Waals surface area (Å²) in [5.41, 5.74) is 0. The van der Waals surface area contributed by atoms with E-state index in [-0.39, 0.29) is 0 Å². The Hall–Kier alpha value is 0.269. The van der Waals surface area contributed by atoms with Gasteiger partial charge in [-0.25, -0.2) is 0 Å². The third kappa shape index (κ3) is 3.01. The quantitative estimate of drug-likeness (QED) is 0.690. The number of rotatable bonds is 2. The molecule has 0 aromatic rings. The molecule has 2 nitrogen and oxygen atoms in total. The maximum absolute atomic E-state index is 11.2. The molecule has 1 heterocycles. The van der Waals surface area contributed by atoms with Gasteiger partial charge in [-0.3, -0.25) is 0 Å². The van der Waals surface area contributed by atoms with Crippen LogP contribution >= 0.6 is 0 Å². The minimum absolute atomic E-state index is 0.386. The van der Waals surface area contributed by atoms with E-state index < -0.39 is 18.4 Å². The van der Waals surface area contributed by atoms with Gasteiger partial charge in [0, 0.05) is 0 Å². The number of carbonyl (C=O) groups is 1. The molecule has 1 fully saturated rings. The van der Waals surface area contributed by atoms with Crippen LogP contribution in [0, 0.1) is 0 Å². The average molecular weight is 262 g/mol. The molecule has 0 aromatic carbocycles. The Balaban J connectivity index is 2.43. The zero-order chi connectivity index (χ0) is 8.48. The van der Waals surface area contributed by atoms with Gasteiger partial charge in [0.25, 0.3) is 0 Å². The summed E-state index contributed by atoms with van der Waals surface area (Å²) in [5, 5.41) is 0. The Morgan fingerprint density at radius 3 is 2.45 bits per heavy atom. The van der Waals surface area contributed by atoms with E-state index in [0.717, 1.165) is 23.9 Å². The SMILES string of the molecule is [CH3][Sn]([CH3])([CH3])[CH2]N1CCCC1=O. The summed E-state index contributed by atoms with van der Waals surface area (Å²) in [6, 6.07) is 0. The molecule has 0 N–H and O–H groups in total. The summed E-state index contributed by atoms with van der Waals surface area (Å²) in [5.74, 6) is 0.386. The van der Waals surface area contributed by atoms with E-state index in [1.807, 2.05) is 0 Å². The van der Waals surface area contributed by atoms with E-state index in [0.29, 0.717) is 5.91 Å². The molecular formula is C8H17NOSn. The summed E-state index contributed by atoms with van der Waals surface area (Å²) in [7, 11) is 0. The van der Waals surface area contributed by atoms with Crippen LogP contribution in [0.15, 0.2) is 0 Å². The second-order valence-corrected chi connectivity index (χ2v) is 20.0. The fraction of sp³-hybridized carbons (Fsp3) is 0.875. The van der Waals surface area contributed by atoms with Gasteiger partial charge in [-0.1, -0.05) is 0 Å². The van der Waals surface area contributed by atoms with Crippen molar-refractivity contribution in [1.82, 2.24) is 4.90 Å². The van der Waals surface area contributed by atoms with Crippen molar-refractivity contribution in [2.45, 2.75) is 27.7 Å². The molecule has 0 spiro atoms. The van der Waals surface area contributed by atoms with Crippen LogP contribution in [0.4, 0.5) is 0 Å². The first-order chi connectivity index (χ1) is 4.99. The number of likely N-dealkylation sites (tertiary alicyclic amines) is 1. The Bertz CT molecular complexity index is 162. The molecule has 0 aliphatic carbocycles. The first kappa shape index (κ1) is 9.36. The third-order valence-electron chi connectivity index (χ3n) is 1.84. The van der Waals surface area contributed by atoms with Crippen molar-refractivity contribution in [3.8, 4) is 0 Å². The van der Waals surface area contributed by atoms with Gasteiger partial charge in [-0.15, -0.1) is 0 Å². The number of hydrogen-bond donors (Lipinski definition) is 0. The molecule has 1 saturated heterocycles. The van der Waals surface area contributed by atoms with Crippen LogP contribution in [0.25, 0.3) is 0 Å². The molecule has 1 rings (SSSR count). The van der Waals surface area contributed by atoms with Crippen LogP contribution in [0.1, 0.15) is 12.8 Å². The second kappa shape index (κ2) is 3.33. The Morgan fingerprint density at radius 2 is 2.09 bits per heavy atom. The van der Waals surface area contributed by atoms with E-state index >= 15 is 0 Å². The molecule has 0 radical (unpaired) electrons. The molecule has 0 bridgehead atoms. The first-order valence-corrected chi connectivity index (χ1v) is 14.8. The standard InChI is InChI=1S/C5H8NO.3CH3.Sn/c1-6-4-2-3-5(6)7;;;;/h1-4H2;3*1H3;. The van der Waals surface area contributed by atoms with Gasteiger partial charge < -0.3 is 0 Å². The molecule has 1 amide bonds. The molecule has 64 valence electrons. The topological polar surface area (TPSA) is 20.3 Å². The van der Waals surface area contributed by atoms with E-state index in [2.05, 4.69) is 19.7 Å². The van der Waals surface area contributed by atoms with E-state index in [4.69, 9.17) is 0 Å². The second-order valence-electron chi connectivity index (χ2n) is 4.48. The van der Waals surface area contributed by atoms with Gasteiger partial charge in [0.05, 0.1) is 0 Å². The Labute approximate surface area is 72.8 Å². The van der Waals surface area contributed by atoms with Crippen molar-refractivity contribution < 1.29 is 4.79 Å². The van der Waals surface area contributed by atoms with Crippen LogP contribution in [0.5, 0.6) is 0 Å². The molecule has 11 heavy (non-hydrogen) atoms.